The summed E-state index contributed by atoms with van der Waals surface area (Å²) in [6.45, 7) is 1.94. The molecule has 0 radical (unpaired) electrons. The summed E-state index contributed by atoms with van der Waals surface area (Å²) in [7, 11) is 0. The predicted molar refractivity (Wildman–Crippen MR) is 74.8 cm³/mol. The molecule has 0 atom stereocenters. The zero-order chi connectivity index (χ0) is 12.4. The van der Waals surface area contributed by atoms with Crippen molar-refractivity contribution in [3.8, 4) is 11.5 Å². The highest BCUT2D eigenvalue weighted by atomic mass is 79.9. The molecule has 0 amide bonds. The van der Waals surface area contributed by atoms with Crippen LogP contribution in [0.5, 0.6) is 11.5 Å². The number of rotatable bonds is 2. The molecule has 17 heavy (non-hydrogen) atoms. The largest absolute Gasteiger partial charge is 0.455 e. The topological polar surface area (TPSA) is 35.2 Å². The van der Waals surface area contributed by atoms with Crippen LogP contribution in [0.3, 0.4) is 0 Å². The fraction of sp³-hybridized carbons (Fsp3) is 0.0769. The second-order valence-electron chi connectivity index (χ2n) is 3.67. The zero-order valence-electron chi connectivity index (χ0n) is 9.21. The number of benzene rings is 2. The van der Waals surface area contributed by atoms with Gasteiger partial charge in [0, 0.05) is 10.2 Å². The van der Waals surface area contributed by atoms with Crippen molar-refractivity contribution in [2.45, 2.75) is 6.92 Å². The van der Waals surface area contributed by atoms with Gasteiger partial charge in [0.1, 0.15) is 11.5 Å². The number of para-hydroxylation sites is 1. The smallest absolute Gasteiger partial charge is 0.146 e. The monoisotopic (exact) mass is 311 g/mol. The molecule has 0 fully saturated rings. The number of hydrogen-bond donors (Lipinski definition) is 1. The first-order chi connectivity index (χ1) is 8.08. The second-order valence-corrected chi connectivity index (χ2v) is 4.93. The first kappa shape index (κ1) is 12.3. The van der Waals surface area contributed by atoms with E-state index in [4.69, 9.17) is 22.1 Å². The van der Waals surface area contributed by atoms with Crippen molar-refractivity contribution in [1.82, 2.24) is 0 Å². The lowest BCUT2D eigenvalue weighted by Crippen LogP contribution is -1.92. The van der Waals surface area contributed by atoms with Gasteiger partial charge in [-0.05, 0) is 52.7 Å². The summed E-state index contributed by atoms with van der Waals surface area (Å²) in [5.41, 5.74) is 7.44. The first-order valence-electron chi connectivity index (χ1n) is 5.06. The van der Waals surface area contributed by atoms with Crippen molar-refractivity contribution in [3.63, 3.8) is 0 Å². The molecule has 2 nitrogen and oxygen atoms in total. The highest BCUT2D eigenvalue weighted by molar-refractivity contribution is 9.10. The summed E-state index contributed by atoms with van der Waals surface area (Å²) in [4.78, 5) is 0. The van der Waals surface area contributed by atoms with Gasteiger partial charge in [0.25, 0.3) is 0 Å². The number of aryl methyl sites for hydroxylation is 1. The van der Waals surface area contributed by atoms with Gasteiger partial charge in [0.05, 0.1) is 5.02 Å². The predicted octanol–water partition coefficient (Wildman–Crippen LogP) is 4.79. The van der Waals surface area contributed by atoms with Crippen LogP contribution in [0, 0.1) is 6.92 Å². The Labute approximate surface area is 113 Å². The maximum atomic E-state index is 6.04. The van der Waals surface area contributed by atoms with Crippen LogP contribution in [-0.4, -0.2) is 0 Å². The molecule has 0 aliphatic rings. The van der Waals surface area contributed by atoms with Crippen LogP contribution in [-0.2, 0) is 0 Å². The van der Waals surface area contributed by atoms with Crippen LogP contribution in [0.25, 0.3) is 0 Å². The van der Waals surface area contributed by atoms with E-state index in [0.29, 0.717) is 16.5 Å². The molecule has 2 aromatic carbocycles. The van der Waals surface area contributed by atoms with Crippen molar-refractivity contribution in [2.24, 2.45) is 0 Å². The average Bonchev–Trinajstić information content (AvgIpc) is 2.29. The Bertz CT molecular complexity index is 557. The molecule has 0 aliphatic heterocycles. The van der Waals surface area contributed by atoms with E-state index in [1.165, 1.54) is 0 Å². The number of nitrogens with two attached hydrogens (primary N) is 1. The lowest BCUT2D eigenvalue weighted by Gasteiger charge is -2.11. The van der Waals surface area contributed by atoms with E-state index >= 15 is 0 Å². The molecule has 88 valence electrons. The number of hydrogen-bond acceptors (Lipinski definition) is 2. The second kappa shape index (κ2) is 4.98. The van der Waals surface area contributed by atoms with Crippen molar-refractivity contribution >= 4 is 33.2 Å². The third-order valence-electron chi connectivity index (χ3n) is 2.35. The van der Waals surface area contributed by atoms with Crippen molar-refractivity contribution in [3.05, 3.63) is 51.5 Å². The van der Waals surface area contributed by atoms with Crippen LogP contribution >= 0.6 is 27.5 Å². The van der Waals surface area contributed by atoms with E-state index in [9.17, 15) is 0 Å². The Hall–Kier alpha value is -1.19. The van der Waals surface area contributed by atoms with Gasteiger partial charge in [-0.1, -0.05) is 23.7 Å². The van der Waals surface area contributed by atoms with Gasteiger partial charge in [0.15, 0.2) is 0 Å². The molecule has 0 saturated heterocycles. The molecule has 0 unspecified atom stereocenters. The minimum atomic E-state index is 0.583. The molecule has 2 aromatic rings. The zero-order valence-corrected chi connectivity index (χ0v) is 11.5. The SMILES string of the molecule is Cc1cc(N)c(Br)cc1Oc1ccccc1Cl. The fourth-order valence-electron chi connectivity index (χ4n) is 1.44. The van der Waals surface area contributed by atoms with E-state index in [1.54, 1.807) is 6.07 Å². The molecule has 2 N–H and O–H groups in total. The lowest BCUT2D eigenvalue weighted by molar-refractivity contribution is 0.479. The first-order valence-corrected chi connectivity index (χ1v) is 6.23. The molecule has 0 aliphatic carbocycles. The molecule has 0 spiro atoms. The van der Waals surface area contributed by atoms with Gasteiger partial charge in [-0.2, -0.15) is 0 Å². The van der Waals surface area contributed by atoms with Crippen molar-refractivity contribution in [2.75, 3.05) is 5.73 Å². The van der Waals surface area contributed by atoms with Crippen LogP contribution in [0.2, 0.25) is 5.02 Å². The van der Waals surface area contributed by atoms with Gasteiger partial charge < -0.3 is 10.5 Å². The van der Waals surface area contributed by atoms with E-state index in [-0.39, 0.29) is 0 Å². The molecular weight excluding hydrogens is 302 g/mol. The van der Waals surface area contributed by atoms with Gasteiger partial charge >= 0.3 is 0 Å². The Morgan fingerprint density at radius 1 is 1.18 bits per heavy atom. The van der Waals surface area contributed by atoms with Gasteiger partial charge in [0.2, 0.25) is 0 Å². The third kappa shape index (κ3) is 2.73. The fourth-order valence-corrected chi connectivity index (χ4v) is 1.94. The normalized spacial score (nSPS) is 10.3. The molecule has 4 heteroatoms. The van der Waals surface area contributed by atoms with Gasteiger partial charge in [-0.3, -0.25) is 0 Å². The third-order valence-corrected chi connectivity index (χ3v) is 3.35. The highest BCUT2D eigenvalue weighted by Gasteiger charge is 2.07. The van der Waals surface area contributed by atoms with Crippen LogP contribution in [0.1, 0.15) is 5.56 Å². The number of ether oxygens (including phenoxy) is 1. The van der Waals surface area contributed by atoms with Crippen LogP contribution in [0.15, 0.2) is 40.9 Å². The summed E-state index contributed by atoms with van der Waals surface area (Å²) >= 11 is 9.41. The maximum Gasteiger partial charge on any atom is 0.146 e. The number of nitrogen functional groups attached to an aromatic ring is 1. The maximum absolute atomic E-state index is 6.04. The van der Waals surface area contributed by atoms with Gasteiger partial charge in [-0.25, -0.2) is 0 Å². The number of anilines is 1. The molecule has 0 heterocycles. The summed E-state index contributed by atoms with van der Waals surface area (Å²) in [5, 5.41) is 0.583. The van der Waals surface area contributed by atoms with E-state index < -0.39 is 0 Å². The Balaban J connectivity index is 2.37. The van der Waals surface area contributed by atoms with E-state index in [2.05, 4.69) is 15.9 Å². The van der Waals surface area contributed by atoms with Crippen LogP contribution in [0.4, 0.5) is 5.69 Å². The molecule has 0 bridgehead atoms. The molecular formula is C13H11BrClNO. The lowest BCUT2D eigenvalue weighted by atomic mass is 10.2. The standard InChI is InChI=1S/C13H11BrClNO/c1-8-6-11(16)9(14)7-13(8)17-12-5-3-2-4-10(12)15/h2-7H,16H2,1H3. The van der Waals surface area contributed by atoms with Gasteiger partial charge in [-0.15, -0.1) is 0 Å². The average molecular weight is 313 g/mol. The summed E-state index contributed by atoms with van der Waals surface area (Å²) in [6.07, 6.45) is 0. The van der Waals surface area contributed by atoms with E-state index in [1.807, 2.05) is 37.3 Å². The summed E-state index contributed by atoms with van der Waals surface area (Å²) in [6, 6.07) is 11.1. The Morgan fingerprint density at radius 2 is 1.88 bits per heavy atom. The summed E-state index contributed by atoms with van der Waals surface area (Å²) < 4.78 is 6.57. The van der Waals surface area contributed by atoms with Crippen molar-refractivity contribution < 1.29 is 4.74 Å². The van der Waals surface area contributed by atoms with Crippen molar-refractivity contribution in [1.29, 1.82) is 0 Å². The highest BCUT2D eigenvalue weighted by Crippen LogP contribution is 2.34. The van der Waals surface area contributed by atoms with Crippen LogP contribution < -0.4 is 10.5 Å². The molecule has 2 rings (SSSR count). The Morgan fingerprint density at radius 3 is 2.59 bits per heavy atom. The van der Waals surface area contributed by atoms with E-state index in [0.717, 1.165) is 15.8 Å². The Kier molecular flexibility index (Phi) is 3.60. The molecule has 0 saturated carbocycles. The minimum Gasteiger partial charge on any atom is -0.455 e. The quantitative estimate of drug-likeness (QED) is 0.810. The minimum absolute atomic E-state index is 0.583. The number of halogens is 2. The summed E-state index contributed by atoms with van der Waals surface area (Å²) in [5.74, 6) is 1.37. The molecule has 0 aromatic heterocycles.